The molecule has 7 heteroatoms. The molecule has 1 aromatic carbocycles. The Labute approximate surface area is 140 Å². The van der Waals surface area contributed by atoms with Crippen LogP contribution in [-0.4, -0.2) is 30.7 Å². The SMILES string of the molecule is CCOC(=O)NCc1cc(C(=O)Nc2cccc(OC)c2)ccn1. The van der Waals surface area contributed by atoms with Crippen LogP contribution in [0.15, 0.2) is 42.6 Å². The van der Waals surface area contributed by atoms with E-state index in [1.165, 1.54) is 6.20 Å². The highest BCUT2D eigenvalue weighted by atomic mass is 16.5. The molecule has 1 aromatic heterocycles. The largest absolute Gasteiger partial charge is 0.497 e. The molecule has 0 fully saturated rings. The van der Waals surface area contributed by atoms with E-state index in [9.17, 15) is 9.59 Å². The van der Waals surface area contributed by atoms with E-state index in [2.05, 4.69) is 15.6 Å². The van der Waals surface area contributed by atoms with Crippen molar-refractivity contribution >= 4 is 17.7 Å². The smallest absolute Gasteiger partial charge is 0.407 e. The van der Waals surface area contributed by atoms with Crippen molar-refractivity contribution < 1.29 is 19.1 Å². The van der Waals surface area contributed by atoms with Crippen LogP contribution in [0.3, 0.4) is 0 Å². The molecule has 0 saturated heterocycles. The minimum atomic E-state index is -0.523. The number of carbonyl (C=O) groups excluding carboxylic acids is 2. The maximum Gasteiger partial charge on any atom is 0.407 e. The average molecular weight is 329 g/mol. The third-order valence-electron chi connectivity index (χ3n) is 3.10. The van der Waals surface area contributed by atoms with Crippen LogP contribution in [0.2, 0.25) is 0 Å². The van der Waals surface area contributed by atoms with Gasteiger partial charge in [-0.3, -0.25) is 9.78 Å². The molecule has 7 nitrogen and oxygen atoms in total. The number of ether oxygens (including phenoxy) is 2. The number of aromatic nitrogens is 1. The summed E-state index contributed by atoms with van der Waals surface area (Å²) in [5, 5.41) is 5.35. The number of alkyl carbamates (subject to hydrolysis) is 1. The molecule has 0 saturated carbocycles. The summed E-state index contributed by atoms with van der Waals surface area (Å²) in [6.45, 7) is 2.20. The standard InChI is InChI=1S/C17H19N3O4/c1-3-24-17(22)19-11-14-9-12(7-8-18-14)16(21)20-13-5-4-6-15(10-13)23-2/h4-10H,3,11H2,1-2H3,(H,19,22)(H,20,21). The van der Waals surface area contributed by atoms with Gasteiger partial charge in [0.05, 0.1) is 26.0 Å². The Morgan fingerprint density at radius 1 is 1.21 bits per heavy atom. The number of hydrogen-bond acceptors (Lipinski definition) is 5. The van der Waals surface area contributed by atoms with E-state index in [0.29, 0.717) is 29.3 Å². The molecule has 2 rings (SSSR count). The highest BCUT2D eigenvalue weighted by Gasteiger charge is 2.09. The summed E-state index contributed by atoms with van der Waals surface area (Å²) in [5.41, 5.74) is 1.62. The number of anilines is 1. The maximum atomic E-state index is 12.3. The lowest BCUT2D eigenvalue weighted by Crippen LogP contribution is -2.24. The highest BCUT2D eigenvalue weighted by Crippen LogP contribution is 2.17. The Morgan fingerprint density at radius 3 is 2.79 bits per heavy atom. The quantitative estimate of drug-likeness (QED) is 0.850. The summed E-state index contributed by atoms with van der Waals surface area (Å²) in [4.78, 5) is 27.7. The zero-order chi connectivity index (χ0) is 17.4. The molecular formula is C17H19N3O4. The van der Waals surface area contributed by atoms with E-state index in [0.717, 1.165) is 0 Å². The van der Waals surface area contributed by atoms with Crippen molar-refractivity contribution in [1.82, 2.24) is 10.3 Å². The molecule has 0 spiro atoms. The number of amides is 2. The van der Waals surface area contributed by atoms with Crippen molar-refractivity contribution in [1.29, 1.82) is 0 Å². The van der Waals surface area contributed by atoms with Gasteiger partial charge in [0.25, 0.3) is 5.91 Å². The first-order chi connectivity index (χ1) is 11.6. The fourth-order valence-corrected chi connectivity index (χ4v) is 1.97. The van der Waals surface area contributed by atoms with Crippen LogP contribution >= 0.6 is 0 Å². The van der Waals surface area contributed by atoms with E-state index in [-0.39, 0.29) is 12.5 Å². The number of rotatable bonds is 6. The number of carbonyl (C=O) groups is 2. The number of pyridine rings is 1. The Morgan fingerprint density at radius 2 is 2.04 bits per heavy atom. The molecule has 2 N–H and O–H groups in total. The van der Waals surface area contributed by atoms with Gasteiger partial charge in [-0.1, -0.05) is 6.07 Å². The van der Waals surface area contributed by atoms with Gasteiger partial charge in [0.15, 0.2) is 0 Å². The topological polar surface area (TPSA) is 89.5 Å². The molecule has 0 radical (unpaired) electrons. The molecule has 0 aliphatic carbocycles. The van der Waals surface area contributed by atoms with E-state index < -0.39 is 6.09 Å². The van der Waals surface area contributed by atoms with Gasteiger partial charge >= 0.3 is 6.09 Å². The van der Waals surface area contributed by atoms with Gasteiger partial charge in [0.1, 0.15) is 5.75 Å². The lowest BCUT2D eigenvalue weighted by Gasteiger charge is -2.08. The Hall–Kier alpha value is -3.09. The molecule has 24 heavy (non-hydrogen) atoms. The van der Waals surface area contributed by atoms with Crippen molar-refractivity contribution in [2.75, 3.05) is 19.0 Å². The lowest BCUT2D eigenvalue weighted by atomic mass is 10.2. The van der Waals surface area contributed by atoms with E-state index in [4.69, 9.17) is 9.47 Å². The molecule has 0 aliphatic heterocycles. The monoisotopic (exact) mass is 329 g/mol. The summed E-state index contributed by atoms with van der Waals surface area (Å²) < 4.78 is 9.90. The Kier molecular flexibility index (Phi) is 6.13. The second-order valence-corrected chi connectivity index (χ2v) is 4.80. The number of hydrogen-bond donors (Lipinski definition) is 2. The molecule has 2 amide bonds. The highest BCUT2D eigenvalue weighted by molar-refractivity contribution is 6.04. The maximum absolute atomic E-state index is 12.3. The fraction of sp³-hybridized carbons (Fsp3) is 0.235. The van der Waals surface area contributed by atoms with Crippen LogP contribution < -0.4 is 15.4 Å². The molecule has 0 bridgehead atoms. The van der Waals surface area contributed by atoms with E-state index in [1.54, 1.807) is 50.4 Å². The Balaban J connectivity index is 2.01. The van der Waals surface area contributed by atoms with Crippen LogP contribution in [0.25, 0.3) is 0 Å². The third-order valence-corrected chi connectivity index (χ3v) is 3.10. The number of nitrogens with zero attached hydrogens (tertiary/aromatic N) is 1. The van der Waals surface area contributed by atoms with Crippen LogP contribution in [-0.2, 0) is 11.3 Å². The van der Waals surface area contributed by atoms with E-state index >= 15 is 0 Å². The number of benzene rings is 1. The summed E-state index contributed by atoms with van der Waals surface area (Å²) in [5.74, 6) is 0.380. The molecule has 1 heterocycles. The predicted molar refractivity (Wildman–Crippen MR) is 89.0 cm³/mol. The first-order valence-corrected chi connectivity index (χ1v) is 7.43. The molecule has 0 atom stereocenters. The van der Waals surface area contributed by atoms with Crippen molar-refractivity contribution in [2.24, 2.45) is 0 Å². The minimum Gasteiger partial charge on any atom is -0.497 e. The van der Waals surface area contributed by atoms with E-state index in [1.807, 2.05) is 0 Å². The summed E-state index contributed by atoms with van der Waals surface area (Å²) in [7, 11) is 1.56. The third kappa shape index (κ3) is 4.98. The number of nitrogens with one attached hydrogen (secondary N) is 2. The zero-order valence-corrected chi connectivity index (χ0v) is 13.5. The Bertz CT molecular complexity index is 718. The molecule has 126 valence electrons. The van der Waals surface area contributed by atoms with Crippen molar-refractivity contribution in [3.05, 3.63) is 53.9 Å². The van der Waals surface area contributed by atoms with Crippen LogP contribution in [0.4, 0.5) is 10.5 Å². The normalized spacial score (nSPS) is 9.92. The average Bonchev–Trinajstić information content (AvgIpc) is 2.60. The van der Waals surface area contributed by atoms with Gasteiger partial charge in [0, 0.05) is 23.5 Å². The second kappa shape index (κ2) is 8.52. The lowest BCUT2D eigenvalue weighted by molar-refractivity contribution is 0.102. The van der Waals surface area contributed by atoms with Gasteiger partial charge in [-0.15, -0.1) is 0 Å². The first kappa shape index (κ1) is 17.3. The molecule has 0 unspecified atom stereocenters. The molecule has 2 aromatic rings. The van der Waals surface area contributed by atoms with Crippen molar-refractivity contribution in [3.63, 3.8) is 0 Å². The second-order valence-electron chi connectivity index (χ2n) is 4.80. The predicted octanol–water partition coefficient (Wildman–Crippen LogP) is 2.59. The van der Waals surface area contributed by atoms with Crippen LogP contribution in [0, 0.1) is 0 Å². The van der Waals surface area contributed by atoms with Crippen LogP contribution in [0.5, 0.6) is 5.75 Å². The van der Waals surface area contributed by atoms with Crippen LogP contribution in [0.1, 0.15) is 23.0 Å². The van der Waals surface area contributed by atoms with Gasteiger partial charge < -0.3 is 20.1 Å². The minimum absolute atomic E-state index is 0.180. The van der Waals surface area contributed by atoms with Gasteiger partial charge in [0.2, 0.25) is 0 Å². The summed E-state index contributed by atoms with van der Waals surface area (Å²) >= 11 is 0. The van der Waals surface area contributed by atoms with Gasteiger partial charge in [-0.2, -0.15) is 0 Å². The van der Waals surface area contributed by atoms with Crippen molar-refractivity contribution in [2.45, 2.75) is 13.5 Å². The molecular weight excluding hydrogens is 310 g/mol. The summed E-state index contributed by atoms with van der Waals surface area (Å²) in [6, 6.07) is 10.3. The summed E-state index contributed by atoms with van der Waals surface area (Å²) in [6.07, 6.45) is 0.994. The number of methoxy groups -OCH3 is 1. The molecule has 0 aliphatic rings. The fourth-order valence-electron chi connectivity index (χ4n) is 1.97. The van der Waals surface area contributed by atoms with Gasteiger partial charge in [-0.25, -0.2) is 4.79 Å². The van der Waals surface area contributed by atoms with Crippen molar-refractivity contribution in [3.8, 4) is 5.75 Å². The zero-order valence-electron chi connectivity index (χ0n) is 13.5. The van der Waals surface area contributed by atoms with Gasteiger partial charge in [-0.05, 0) is 31.2 Å². The first-order valence-electron chi connectivity index (χ1n) is 7.43.